The van der Waals surface area contributed by atoms with Gasteiger partial charge in [0.25, 0.3) is 0 Å². The molecule has 0 radical (unpaired) electrons. The Hall–Kier alpha value is -3.80. The van der Waals surface area contributed by atoms with E-state index in [1.807, 2.05) is 30.3 Å². The Morgan fingerprint density at radius 2 is 1.39 bits per heavy atom. The minimum Gasteiger partial charge on any atom is -0.494 e. The van der Waals surface area contributed by atoms with Crippen LogP contribution in [0.5, 0.6) is 17.2 Å². The van der Waals surface area contributed by atoms with E-state index in [4.69, 9.17) is 19.3 Å². The smallest absolute Gasteiger partial charge is 0.335 e. The first-order valence-electron chi connectivity index (χ1n) is 13.4. The first-order chi connectivity index (χ1) is 18.6. The van der Waals surface area contributed by atoms with Gasteiger partial charge in [0.05, 0.1) is 25.9 Å². The number of aromatic carboxylic acids is 1. The highest BCUT2D eigenvalue weighted by Crippen LogP contribution is 2.29. The third kappa shape index (κ3) is 9.92. The van der Waals surface area contributed by atoms with E-state index in [2.05, 4.69) is 17.1 Å². The first kappa shape index (κ1) is 28.8. The van der Waals surface area contributed by atoms with E-state index < -0.39 is 5.97 Å². The minimum absolute atomic E-state index is 0.323. The van der Waals surface area contributed by atoms with Crippen LogP contribution >= 0.6 is 0 Å². The number of pyridine rings is 1. The summed E-state index contributed by atoms with van der Waals surface area (Å²) in [5.41, 5.74) is 3.21. The normalized spacial score (nSPS) is 11.0. The fourth-order valence-corrected chi connectivity index (χ4v) is 4.18. The summed E-state index contributed by atoms with van der Waals surface area (Å²) < 4.78 is 17.3. The Labute approximate surface area is 226 Å². The number of unbranched alkanes of at least 4 members (excludes halogenated alkanes) is 7. The lowest BCUT2D eigenvalue weighted by atomic mass is 10.1. The summed E-state index contributed by atoms with van der Waals surface area (Å²) in [6, 6.07) is 15.1. The molecule has 2 aromatic carbocycles. The van der Waals surface area contributed by atoms with Gasteiger partial charge in [0.2, 0.25) is 0 Å². The fraction of sp³-hybridized carbons (Fsp3) is 0.375. The summed E-state index contributed by atoms with van der Waals surface area (Å²) in [6.07, 6.45) is 16.9. The molecule has 1 aromatic heterocycles. The van der Waals surface area contributed by atoms with E-state index in [1.54, 1.807) is 44.6 Å². The van der Waals surface area contributed by atoms with E-state index in [-0.39, 0.29) is 0 Å². The minimum atomic E-state index is -0.904. The second-order valence-corrected chi connectivity index (χ2v) is 9.33. The van der Waals surface area contributed by atoms with Gasteiger partial charge < -0.3 is 19.3 Å². The number of aryl methyl sites for hydroxylation is 1. The van der Waals surface area contributed by atoms with Crippen LogP contribution in [0.25, 0.3) is 12.2 Å². The summed E-state index contributed by atoms with van der Waals surface area (Å²) in [6.45, 7) is 3.14. The second-order valence-electron chi connectivity index (χ2n) is 9.33. The second kappa shape index (κ2) is 16.1. The highest BCUT2D eigenvalue weighted by Gasteiger charge is 2.08. The Morgan fingerprint density at radius 3 is 2.03 bits per heavy atom. The van der Waals surface area contributed by atoms with Crippen molar-refractivity contribution in [3.8, 4) is 17.2 Å². The molecule has 0 saturated carbocycles. The van der Waals surface area contributed by atoms with Gasteiger partial charge in [0, 0.05) is 12.4 Å². The quantitative estimate of drug-likeness (QED) is 0.184. The summed E-state index contributed by atoms with van der Waals surface area (Å²) in [7, 11) is 1.67. The summed E-state index contributed by atoms with van der Waals surface area (Å²) in [4.78, 5) is 15.1. The van der Waals surface area contributed by atoms with E-state index in [0.717, 1.165) is 59.6 Å². The van der Waals surface area contributed by atoms with Gasteiger partial charge in [0.15, 0.2) is 11.5 Å². The molecule has 1 N–H and O–H groups in total. The number of hydrogen-bond donors (Lipinski definition) is 1. The molecule has 202 valence electrons. The van der Waals surface area contributed by atoms with E-state index in [0.29, 0.717) is 18.8 Å². The standard InChI is InChI=1S/C32H39NO5/c1-25-23-28(14-15-29(25)32(34)35)37-21-9-7-5-3-4-6-8-10-22-38-30-16-13-27(24-31(30)36-2)12-11-26-17-19-33-20-18-26/h11-20,23-24H,3-10,21-22H2,1-2H3,(H,34,35)/b12-11+. The molecule has 0 atom stereocenters. The van der Waals surface area contributed by atoms with Crippen LogP contribution in [0.2, 0.25) is 0 Å². The Balaban J connectivity index is 1.22. The van der Waals surface area contributed by atoms with Crippen LogP contribution in [-0.4, -0.2) is 36.4 Å². The molecule has 6 heteroatoms. The van der Waals surface area contributed by atoms with Crippen LogP contribution in [0, 0.1) is 6.92 Å². The number of hydrogen-bond acceptors (Lipinski definition) is 5. The van der Waals surface area contributed by atoms with Crippen LogP contribution in [-0.2, 0) is 0 Å². The first-order valence-corrected chi connectivity index (χ1v) is 13.4. The van der Waals surface area contributed by atoms with E-state index in [1.165, 1.54) is 25.7 Å². The molecular formula is C32H39NO5. The number of benzene rings is 2. The number of carbonyl (C=O) groups is 1. The maximum Gasteiger partial charge on any atom is 0.335 e. The van der Waals surface area contributed by atoms with Crippen molar-refractivity contribution in [3.63, 3.8) is 0 Å². The zero-order chi connectivity index (χ0) is 27.0. The molecular weight excluding hydrogens is 478 g/mol. The number of ether oxygens (including phenoxy) is 3. The van der Waals surface area contributed by atoms with Crippen molar-refractivity contribution in [1.82, 2.24) is 4.98 Å². The zero-order valence-corrected chi connectivity index (χ0v) is 22.5. The molecule has 3 aromatic rings. The monoisotopic (exact) mass is 517 g/mol. The van der Waals surface area contributed by atoms with Crippen molar-refractivity contribution < 1.29 is 24.1 Å². The Bertz CT molecular complexity index is 1160. The van der Waals surface area contributed by atoms with Crippen molar-refractivity contribution in [3.05, 3.63) is 83.2 Å². The van der Waals surface area contributed by atoms with Crippen molar-refractivity contribution in [2.24, 2.45) is 0 Å². The van der Waals surface area contributed by atoms with Crippen LogP contribution in [0.3, 0.4) is 0 Å². The van der Waals surface area contributed by atoms with E-state index >= 15 is 0 Å². The molecule has 0 aliphatic rings. The van der Waals surface area contributed by atoms with Gasteiger partial charge in [-0.15, -0.1) is 0 Å². The van der Waals surface area contributed by atoms with Crippen molar-refractivity contribution >= 4 is 18.1 Å². The molecule has 0 spiro atoms. The summed E-state index contributed by atoms with van der Waals surface area (Å²) in [5, 5.41) is 9.10. The Morgan fingerprint density at radius 1 is 0.763 bits per heavy atom. The number of aromatic nitrogens is 1. The lowest BCUT2D eigenvalue weighted by Gasteiger charge is -2.11. The largest absolute Gasteiger partial charge is 0.494 e. The number of carboxylic acids is 1. The van der Waals surface area contributed by atoms with Gasteiger partial charge in [-0.25, -0.2) is 4.79 Å². The molecule has 3 rings (SSSR count). The lowest BCUT2D eigenvalue weighted by Crippen LogP contribution is -2.02. The van der Waals surface area contributed by atoms with Crippen molar-refractivity contribution in [1.29, 1.82) is 0 Å². The molecule has 0 unspecified atom stereocenters. The fourth-order valence-electron chi connectivity index (χ4n) is 4.18. The third-order valence-electron chi connectivity index (χ3n) is 6.36. The lowest BCUT2D eigenvalue weighted by molar-refractivity contribution is 0.0696. The van der Waals surface area contributed by atoms with Crippen LogP contribution in [0.1, 0.15) is 78.4 Å². The number of methoxy groups -OCH3 is 1. The van der Waals surface area contributed by atoms with Gasteiger partial charge in [0.1, 0.15) is 5.75 Å². The molecule has 6 nitrogen and oxygen atoms in total. The maximum atomic E-state index is 11.1. The number of nitrogens with zero attached hydrogens (tertiary/aromatic N) is 1. The van der Waals surface area contributed by atoms with Gasteiger partial charge in [-0.1, -0.05) is 56.7 Å². The maximum absolute atomic E-state index is 11.1. The molecule has 0 bridgehead atoms. The van der Waals surface area contributed by atoms with Crippen LogP contribution < -0.4 is 14.2 Å². The van der Waals surface area contributed by atoms with Crippen molar-refractivity contribution in [2.45, 2.75) is 58.3 Å². The number of carboxylic acid groups (broad SMARTS) is 1. The molecule has 0 amide bonds. The summed E-state index contributed by atoms with van der Waals surface area (Å²) >= 11 is 0. The predicted molar refractivity (Wildman–Crippen MR) is 152 cm³/mol. The molecule has 0 aliphatic carbocycles. The number of rotatable bonds is 17. The predicted octanol–water partition coefficient (Wildman–Crippen LogP) is 7.85. The average molecular weight is 518 g/mol. The molecule has 1 heterocycles. The van der Waals surface area contributed by atoms with Crippen molar-refractivity contribution in [2.75, 3.05) is 20.3 Å². The highest BCUT2D eigenvalue weighted by molar-refractivity contribution is 5.89. The third-order valence-corrected chi connectivity index (χ3v) is 6.36. The van der Waals surface area contributed by atoms with Gasteiger partial charge in [-0.2, -0.15) is 0 Å². The molecule has 38 heavy (non-hydrogen) atoms. The van der Waals surface area contributed by atoms with Gasteiger partial charge in [-0.05, 0) is 78.9 Å². The van der Waals surface area contributed by atoms with Gasteiger partial charge in [-0.3, -0.25) is 4.98 Å². The van der Waals surface area contributed by atoms with E-state index in [9.17, 15) is 4.79 Å². The average Bonchev–Trinajstić information content (AvgIpc) is 2.93. The Kier molecular flexibility index (Phi) is 12.2. The summed E-state index contributed by atoms with van der Waals surface area (Å²) in [5.74, 6) is 1.36. The molecule has 0 aliphatic heterocycles. The zero-order valence-electron chi connectivity index (χ0n) is 22.5. The highest BCUT2D eigenvalue weighted by atomic mass is 16.5. The van der Waals surface area contributed by atoms with Gasteiger partial charge >= 0.3 is 5.97 Å². The van der Waals surface area contributed by atoms with Crippen LogP contribution in [0.15, 0.2) is 60.9 Å². The SMILES string of the molecule is COc1cc(/C=C/c2ccncc2)ccc1OCCCCCCCCCCOc1ccc(C(=O)O)c(C)c1. The van der Waals surface area contributed by atoms with Crippen LogP contribution in [0.4, 0.5) is 0 Å². The molecule has 0 saturated heterocycles. The topological polar surface area (TPSA) is 77.9 Å². The molecule has 0 fully saturated rings.